The van der Waals surface area contributed by atoms with Crippen LogP contribution in [0.3, 0.4) is 0 Å². The van der Waals surface area contributed by atoms with Gasteiger partial charge in [-0.3, -0.25) is 5.43 Å². The lowest BCUT2D eigenvalue weighted by atomic mass is 10.3. The van der Waals surface area contributed by atoms with Crippen LogP contribution in [0.4, 0.5) is 0 Å². The minimum Gasteiger partial charge on any atom is -0.383 e. The monoisotopic (exact) mass is 240 g/mol. The van der Waals surface area contributed by atoms with Crippen LogP contribution in [0.25, 0.3) is 0 Å². The highest BCUT2D eigenvalue weighted by molar-refractivity contribution is 5.79. The highest BCUT2D eigenvalue weighted by atomic mass is 16.5. The molecule has 2 rings (SSSR count). The minimum absolute atomic E-state index is 0.645. The number of nitrogens with two attached hydrogens (primary N) is 1. The van der Waals surface area contributed by atoms with Gasteiger partial charge in [0, 0.05) is 20.2 Å². The van der Waals surface area contributed by atoms with Crippen LogP contribution in [-0.4, -0.2) is 44.2 Å². The minimum atomic E-state index is 0.645. The van der Waals surface area contributed by atoms with Crippen LogP contribution in [-0.2, 0) is 4.74 Å². The molecule has 0 unspecified atom stereocenters. The zero-order valence-corrected chi connectivity index (χ0v) is 10.7. The molecule has 98 valence electrons. The van der Waals surface area contributed by atoms with Crippen molar-refractivity contribution in [1.82, 2.24) is 10.3 Å². The van der Waals surface area contributed by atoms with E-state index in [0.717, 1.165) is 30.9 Å². The topological polar surface area (TPSA) is 62.9 Å². The van der Waals surface area contributed by atoms with Crippen molar-refractivity contribution in [2.75, 3.05) is 33.4 Å². The number of hydrogen-bond donors (Lipinski definition) is 2. The molecule has 0 heterocycles. The van der Waals surface area contributed by atoms with E-state index < -0.39 is 0 Å². The van der Waals surface area contributed by atoms with Crippen molar-refractivity contribution in [2.24, 2.45) is 22.7 Å². The van der Waals surface area contributed by atoms with Gasteiger partial charge < -0.3 is 9.64 Å². The zero-order valence-electron chi connectivity index (χ0n) is 10.7. The Morgan fingerprint density at radius 1 is 1.29 bits per heavy atom. The predicted octanol–water partition coefficient (Wildman–Crippen LogP) is 0.574. The third kappa shape index (κ3) is 4.52. The summed E-state index contributed by atoms with van der Waals surface area (Å²) in [6.07, 6.45) is 5.43. The number of hydrazine groups is 1. The summed E-state index contributed by atoms with van der Waals surface area (Å²) < 4.78 is 5.01. The van der Waals surface area contributed by atoms with Crippen LogP contribution in [0, 0.1) is 11.8 Å². The average molecular weight is 240 g/mol. The highest BCUT2D eigenvalue weighted by Gasteiger charge is 2.30. The molecule has 0 aliphatic heterocycles. The maximum absolute atomic E-state index is 5.58. The largest absolute Gasteiger partial charge is 0.383 e. The Hall–Kier alpha value is -0.810. The lowest BCUT2D eigenvalue weighted by Gasteiger charge is -2.25. The summed E-state index contributed by atoms with van der Waals surface area (Å²) in [5.41, 5.74) is 2.75. The Morgan fingerprint density at radius 2 is 1.88 bits per heavy atom. The van der Waals surface area contributed by atoms with E-state index in [1.54, 1.807) is 7.11 Å². The second-order valence-electron chi connectivity index (χ2n) is 5.13. The van der Waals surface area contributed by atoms with E-state index in [9.17, 15) is 0 Å². The van der Waals surface area contributed by atoms with E-state index in [-0.39, 0.29) is 0 Å². The first kappa shape index (κ1) is 12.6. The number of ether oxygens (including phenoxy) is 1. The molecule has 2 saturated carbocycles. The van der Waals surface area contributed by atoms with Crippen LogP contribution >= 0.6 is 0 Å². The van der Waals surface area contributed by atoms with Crippen LogP contribution in [0.15, 0.2) is 4.99 Å². The molecular weight excluding hydrogens is 216 g/mol. The number of nitrogens with one attached hydrogen (secondary N) is 1. The molecule has 2 fully saturated rings. The summed E-state index contributed by atoms with van der Waals surface area (Å²) in [6.45, 7) is 3.52. The predicted molar refractivity (Wildman–Crippen MR) is 68.5 cm³/mol. The third-order valence-electron chi connectivity index (χ3n) is 3.34. The summed E-state index contributed by atoms with van der Waals surface area (Å²) in [4.78, 5) is 6.80. The Balaban J connectivity index is 1.86. The van der Waals surface area contributed by atoms with Gasteiger partial charge in [-0.15, -0.1) is 0 Å². The van der Waals surface area contributed by atoms with Gasteiger partial charge in [-0.05, 0) is 37.5 Å². The van der Waals surface area contributed by atoms with E-state index in [2.05, 4.69) is 15.3 Å². The molecule has 0 radical (unpaired) electrons. The lowest BCUT2D eigenvalue weighted by Crippen LogP contribution is -2.46. The second-order valence-corrected chi connectivity index (χ2v) is 5.13. The van der Waals surface area contributed by atoms with Crippen molar-refractivity contribution < 1.29 is 4.74 Å². The van der Waals surface area contributed by atoms with Crippen molar-refractivity contribution in [2.45, 2.75) is 25.7 Å². The summed E-state index contributed by atoms with van der Waals surface area (Å²) in [6, 6.07) is 0. The summed E-state index contributed by atoms with van der Waals surface area (Å²) >= 11 is 0. The quantitative estimate of drug-likeness (QED) is 0.225. The number of guanidine groups is 1. The van der Waals surface area contributed by atoms with Gasteiger partial charge in [0.2, 0.25) is 5.96 Å². The lowest BCUT2D eigenvalue weighted by molar-refractivity contribution is 0.207. The summed E-state index contributed by atoms with van der Waals surface area (Å²) in [7, 11) is 1.69. The molecule has 0 atom stereocenters. The van der Waals surface area contributed by atoms with Gasteiger partial charge in [0.25, 0.3) is 0 Å². The number of methoxy groups -OCH3 is 1. The van der Waals surface area contributed by atoms with Crippen LogP contribution in [0.5, 0.6) is 0 Å². The molecule has 17 heavy (non-hydrogen) atoms. The van der Waals surface area contributed by atoms with Gasteiger partial charge in [0.1, 0.15) is 0 Å². The van der Waals surface area contributed by atoms with E-state index in [1.807, 2.05) is 0 Å². The molecule has 5 heteroatoms. The SMILES string of the molecule is COCCN=C(NN)N(CC1CC1)CC1CC1. The van der Waals surface area contributed by atoms with Gasteiger partial charge in [-0.1, -0.05) is 0 Å². The first-order chi connectivity index (χ1) is 8.33. The molecule has 0 amide bonds. The molecular formula is C12H24N4O. The Kier molecular flexibility index (Phi) is 4.62. The zero-order chi connectivity index (χ0) is 12.1. The molecule has 2 aliphatic carbocycles. The smallest absolute Gasteiger partial charge is 0.208 e. The molecule has 0 bridgehead atoms. The van der Waals surface area contributed by atoms with Crippen LogP contribution in [0.1, 0.15) is 25.7 Å². The molecule has 5 nitrogen and oxygen atoms in total. The number of hydrogen-bond acceptors (Lipinski definition) is 3. The Labute approximate surface area is 103 Å². The van der Waals surface area contributed by atoms with Gasteiger partial charge >= 0.3 is 0 Å². The Bertz CT molecular complexity index is 247. The van der Waals surface area contributed by atoms with Crippen LogP contribution < -0.4 is 11.3 Å². The fourth-order valence-corrected chi connectivity index (χ4v) is 1.95. The summed E-state index contributed by atoms with van der Waals surface area (Å²) in [5, 5.41) is 0. The van der Waals surface area contributed by atoms with Crippen molar-refractivity contribution in [3.05, 3.63) is 0 Å². The van der Waals surface area contributed by atoms with Gasteiger partial charge in [0.05, 0.1) is 13.2 Å². The molecule has 2 aliphatic rings. The standard InChI is InChI=1S/C12H24N4O/c1-17-7-6-14-12(15-13)16(8-10-2-3-10)9-11-4-5-11/h10-11H,2-9,13H2,1H3,(H,14,15). The molecule has 0 saturated heterocycles. The van der Waals surface area contributed by atoms with Crippen molar-refractivity contribution in [3.63, 3.8) is 0 Å². The molecule has 0 aromatic heterocycles. The fourth-order valence-electron chi connectivity index (χ4n) is 1.95. The number of rotatable bonds is 7. The summed E-state index contributed by atoms with van der Waals surface area (Å²) in [5.74, 6) is 8.13. The average Bonchev–Trinajstić information content (AvgIpc) is 3.19. The maximum atomic E-state index is 5.58. The second kappa shape index (κ2) is 6.21. The van der Waals surface area contributed by atoms with Crippen LogP contribution in [0.2, 0.25) is 0 Å². The number of nitrogens with zero attached hydrogens (tertiary/aromatic N) is 2. The fraction of sp³-hybridized carbons (Fsp3) is 0.917. The van der Waals surface area contributed by atoms with Gasteiger partial charge in [0.15, 0.2) is 0 Å². The molecule has 0 spiro atoms. The molecule has 0 aromatic rings. The first-order valence-corrected chi connectivity index (χ1v) is 6.58. The number of aliphatic imine (C=N–C) groups is 1. The third-order valence-corrected chi connectivity index (χ3v) is 3.34. The highest BCUT2D eigenvalue weighted by Crippen LogP contribution is 2.33. The maximum Gasteiger partial charge on any atom is 0.208 e. The first-order valence-electron chi connectivity index (χ1n) is 6.58. The Morgan fingerprint density at radius 3 is 2.29 bits per heavy atom. The van der Waals surface area contributed by atoms with Crippen molar-refractivity contribution >= 4 is 5.96 Å². The van der Waals surface area contributed by atoms with E-state index in [1.165, 1.54) is 25.7 Å². The van der Waals surface area contributed by atoms with Gasteiger partial charge in [-0.25, -0.2) is 10.8 Å². The van der Waals surface area contributed by atoms with Gasteiger partial charge in [-0.2, -0.15) is 0 Å². The van der Waals surface area contributed by atoms with E-state index in [0.29, 0.717) is 13.2 Å². The van der Waals surface area contributed by atoms with Crippen molar-refractivity contribution in [3.8, 4) is 0 Å². The molecule has 3 N–H and O–H groups in total. The van der Waals surface area contributed by atoms with E-state index >= 15 is 0 Å². The van der Waals surface area contributed by atoms with Crippen molar-refractivity contribution in [1.29, 1.82) is 0 Å². The molecule has 0 aromatic carbocycles. The normalized spacial score (nSPS) is 20.5. The van der Waals surface area contributed by atoms with E-state index in [4.69, 9.17) is 10.6 Å².